The van der Waals surface area contributed by atoms with Gasteiger partial charge in [0.15, 0.2) is 0 Å². The number of carbonyl (C=O) groups is 1. The molecule has 0 unspecified atom stereocenters. The maximum atomic E-state index is 13.0. The summed E-state index contributed by atoms with van der Waals surface area (Å²) < 4.78 is 87.0. The number of hydrogen-bond acceptors (Lipinski definition) is 2. The first-order valence-electron chi connectivity index (χ1n) is 4.76. The molecule has 1 N–H and O–H groups in total. The van der Waals surface area contributed by atoms with Gasteiger partial charge in [0.2, 0.25) is 0 Å². The van der Waals surface area contributed by atoms with Crippen molar-refractivity contribution in [3.05, 3.63) is 22.4 Å². The Kier molecular flexibility index (Phi) is 4.64. The number of alkyl halides is 7. The van der Waals surface area contributed by atoms with E-state index in [2.05, 4.69) is 4.98 Å². The fraction of sp³-hybridized carbons (Fsp3) is 0.333. The minimum Gasteiger partial charge on any atom is -0.320 e. The summed E-state index contributed by atoms with van der Waals surface area (Å²) in [5.41, 5.74) is -0.623. The van der Waals surface area contributed by atoms with Crippen molar-refractivity contribution in [2.45, 2.75) is 18.0 Å². The molecule has 118 valence electrons. The summed E-state index contributed by atoms with van der Waals surface area (Å²) in [6.45, 7) is 0. The highest BCUT2D eigenvalue weighted by molar-refractivity contribution is 6.33. The average molecular weight is 359 g/mol. The Morgan fingerprint density at radius 2 is 1.43 bits per heavy atom. The molecule has 0 fully saturated rings. The summed E-state index contributed by atoms with van der Waals surface area (Å²) in [6.07, 6.45) is -6.61. The van der Waals surface area contributed by atoms with Gasteiger partial charge in [-0.3, -0.25) is 4.79 Å². The van der Waals surface area contributed by atoms with E-state index in [1.54, 1.807) is 0 Å². The molecule has 0 saturated heterocycles. The number of nitrogens with one attached hydrogen (secondary N) is 1. The zero-order valence-corrected chi connectivity index (χ0v) is 10.9. The molecule has 1 aromatic heterocycles. The Morgan fingerprint density at radius 3 is 1.81 bits per heavy atom. The highest BCUT2D eigenvalue weighted by Crippen LogP contribution is 2.46. The molecule has 0 aromatic carbocycles. The van der Waals surface area contributed by atoms with Gasteiger partial charge in [-0.25, -0.2) is 4.98 Å². The van der Waals surface area contributed by atoms with E-state index in [-0.39, 0.29) is 0 Å². The summed E-state index contributed by atoms with van der Waals surface area (Å²) in [4.78, 5) is 14.4. The van der Waals surface area contributed by atoms with Gasteiger partial charge in [-0.1, -0.05) is 23.2 Å². The van der Waals surface area contributed by atoms with E-state index in [0.717, 1.165) is 17.4 Å². The molecule has 0 aliphatic heterocycles. The van der Waals surface area contributed by atoms with Gasteiger partial charge in [0.05, 0.1) is 0 Å². The Balaban J connectivity index is 3.07. The number of halogens is 9. The van der Waals surface area contributed by atoms with E-state index in [4.69, 9.17) is 23.2 Å². The van der Waals surface area contributed by atoms with Crippen molar-refractivity contribution in [3.63, 3.8) is 0 Å². The Hall–Kier alpha value is -1.29. The summed E-state index contributed by atoms with van der Waals surface area (Å²) in [5.74, 6) is -15.5. The first-order valence-corrected chi connectivity index (χ1v) is 5.51. The molecule has 0 saturated carbocycles. The predicted molar refractivity (Wildman–Crippen MR) is 58.8 cm³/mol. The van der Waals surface area contributed by atoms with Crippen molar-refractivity contribution in [3.8, 4) is 0 Å². The molecular formula is C9H3Cl2F7N2O. The van der Waals surface area contributed by atoms with Crippen molar-refractivity contribution in [2.75, 3.05) is 5.32 Å². The van der Waals surface area contributed by atoms with Gasteiger partial charge in [-0.2, -0.15) is 30.7 Å². The second kappa shape index (κ2) is 5.48. The fourth-order valence-electron chi connectivity index (χ4n) is 1.07. The summed E-state index contributed by atoms with van der Waals surface area (Å²) in [6, 6.07) is 1.46. The molecule has 1 amide bonds. The van der Waals surface area contributed by atoms with Crippen molar-refractivity contribution < 1.29 is 35.5 Å². The largest absolute Gasteiger partial charge is 0.460 e. The minimum atomic E-state index is -6.61. The van der Waals surface area contributed by atoms with Gasteiger partial charge in [-0.15, -0.1) is 0 Å². The molecule has 0 bridgehead atoms. The van der Waals surface area contributed by atoms with E-state index in [1.165, 1.54) is 0 Å². The molecule has 0 atom stereocenters. The first-order chi connectivity index (χ1) is 9.29. The lowest BCUT2D eigenvalue weighted by atomic mass is 10.1. The lowest BCUT2D eigenvalue weighted by molar-refractivity contribution is -0.343. The predicted octanol–water partition coefficient (Wildman–Crippen LogP) is 4.16. The molecular weight excluding hydrogens is 356 g/mol. The fourth-order valence-corrected chi connectivity index (χ4v) is 1.53. The van der Waals surface area contributed by atoms with Gasteiger partial charge in [0.25, 0.3) is 0 Å². The number of pyridine rings is 1. The number of nitrogens with zero attached hydrogens (tertiary/aromatic N) is 1. The molecule has 0 radical (unpaired) electrons. The Labute approximate surface area is 122 Å². The monoisotopic (exact) mass is 358 g/mol. The average Bonchev–Trinajstić information content (AvgIpc) is 2.25. The van der Waals surface area contributed by atoms with Crippen LogP contribution in [0.5, 0.6) is 0 Å². The van der Waals surface area contributed by atoms with Crippen LogP contribution in [0.2, 0.25) is 10.3 Å². The van der Waals surface area contributed by atoms with E-state index in [1.807, 2.05) is 0 Å². The van der Waals surface area contributed by atoms with Gasteiger partial charge in [0.1, 0.15) is 10.3 Å². The van der Waals surface area contributed by atoms with E-state index < -0.39 is 39.9 Å². The zero-order chi connectivity index (χ0) is 16.6. The highest BCUT2D eigenvalue weighted by Gasteiger charge is 2.76. The van der Waals surface area contributed by atoms with Crippen LogP contribution in [0.25, 0.3) is 0 Å². The first kappa shape index (κ1) is 17.8. The number of carbonyl (C=O) groups excluding carboxylic acids is 1. The summed E-state index contributed by atoms with van der Waals surface area (Å²) in [7, 11) is 0. The normalized spacial score (nSPS) is 13.2. The van der Waals surface area contributed by atoms with Gasteiger partial charge >= 0.3 is 23.9 Å². The molecule has 1 aromatic rings. The van der Waals surface area contributed by atoms with Crippen LogP contribution in [0.1, 0.15) is 0 Å². The smallest absolute Gasteiger partial charge is 0.320 e. The van der Waals surface area contributed by atoms with E-state index in [9.17, 15) is 35.5 Å². The van der Waals surface area contributed by atoms with Gasteiger partial charge < -0.3 is 5.32 Å². The third-order valence-electron chi connectivity index (χ3n) is 2.06. The minimum absolute atomic E-state index is 0.399. The molecule has 0 aliphatic carbocycles. The third kappa shape index (κ3) is 3.49. The van der Waals surface area contributed by atoms with Crippen LogP contribution in [-0.4, -0.2) is 28.9 Å². The van der Waals surface area contributed by atoms with Crippen molar-refractivity contribution in [1.29, 1.82) is 0 Å². The van der Waals surface area contributed by atoms with Gasteiger partial charge in [-0.05, 0) is 12.1 Å². The SMILES string of the molecule is O=C(Nc1cc(Cl)nc(Cl)c1)C(F)(F)C(F)(F)C(F)(F)F. The zero-order valence-electron chi connectivity index (χ0n) is 9.41. The number of amides is 1. The van der Waals surface area contributed by atoms with E-state index >= 15 is 0 Å². The summed E-state index contributed by atoms with van der Waals surface area (Å²) in [5, 5.41) is 0.366. The Bertz CT molecular complexity index is 541. The molecule has 21 heavy (non-hydrogen) atoms. The summed E-state index contributed by atoms with van der Waals surface area (Å²) >= 11 is 10.7. The lowest BCUT2D eigenvalue weighted by Gasteiger charge is -2.27. The van der Waals surface area contributed by atoms with Crippen LogP contribution in [0.15, 0.2) is 12.1 Å². The van der Waals surface area contributed by atoms with Crippen LogP contribution in [0.3, 0.4) is 0 Å². The number of rotatable bonds is 3. The molecule has 0 aliphatic rings. The standard InChI is InChI=1S/C9H3Cl2F7N2O/c10-4-1-3(2-5(11)20-4)19-6(21)7(12,13)8(14,15)9(16,17)18/h1-2H,(H,19,20,21). The van der Waals surface area contributed by atoms with Crippen LogP contribution >= 0.6 is 23.2 Å². The van der Waals surface area contributed by atoms with Crippen LogP contribution in [-0.2, 0) is 4.79 Å². The van der Waals surface area contributed by atoms with Crippen LogP contribution in [0, 0.1) is 0 Å². The number of hydrogen-bond donors (Lipinski definition) is 1. The van der Waals surface area contributed by atoms with Crippen molar-refractivity contribution in [2.24, 2.45) is 0 Å². The molecule has 0 spiro atoms. The topological polar surface area (TPSA) is 42.0 Å². The third-order valence-corrected chi connectivity index (χ3v) is 2.44. The van der Waals surface area contributed by atoms with Gasteiger partial charge in [0, 0.05) is 5.69 Å². The second-order valence-corrected chi connectivity index (χ2v) is 4.38. The van der Waals surface area contributed by atoms with Crippen molar-refractivity contribution in [1.82, 2.24) is 4.98 Å². The van der Waals surface area contributed by atoms with Crippen molar-refractivity contribution >= 4 is 34.8 Å². The molecule has 3 nitrogen and oxygen atoms in total. The second-order valence-electron chi connectivity index (χ2n) is 3.60. The number of aromatic nitrogens is 1. The molecule has 1 heterocycles. The maximum Gasteiger partial charge on any atom is 0.460 e. The molecule has 1 rings (SSSR count). The van der Waals surface area contributed by atoms with Crippen LogP contribution < -0.4 is 5.32 Å². The number of anilines is 1. The maximum absolute atomic E-state index is 13.0. The Morgan fingerprint density at radius 1 is 1.00 bits per heavy atom. The molecule has 12 heteroatoms. The van der Waals surface area contributed by atoms with Crippen LogP contribution in [0.4, 0.5) is 36.4 Å². The van der Waals surface area contributed by atoms with E-state index in [0.29, 0.717) is 0 Å². The highest BCUT2D eigenvalue weighted by atomic mass is 35.5. The quantitative estimate of drug-likeness (QED) is 0.651. The lowest BCUT2D eigenvalue weighted by Crippen LogP contribution is -2.57.